The molecule has 2 aromatic carbocycles. The maximum atomic E-state index is 13.7. The summed E-state index contributed by atoms with van der Waals surface area (Å²) in [4.78, 5) is 1.32. The molecule has 0 fully saturated rings. The van der Waals surface area contributed by atoms with Crippen LogP contribution in [0, 0.1) is 11.6 Å². The van der Waals surface area contributed by atoms with Crippen LogP contribution in [-0.2, 0) is 6.42 Å². The molecular formula is C15H14BrF2NS. The number of hydrogen-bond acceptors (Lipinski definition) is 2. The van der Waals surface area contributed by atoms with Crippen LogP contribution in [0.4, 0.5) is 8.78 Å². The summed E-state index contributed by atoms with van der Waals surface area (Å²) in [6.07, 6.45) is 0.707. The van der Waals surface area contributed by atoms with Crippen LogP contribution in [0.25, 0.3) is 0 Å². The first-order chi connectivity index (χ1) is 9.45. The van der Waals surface area contributed by atoms with E-state index in [1.165, 1.54) is 23.9 Å². The van der Waals surface area contributed by atoms with Gasteiger partial charge in [0.05, 0.1) is 0 Å². The van der Waals surface area contributed by atoms with Crippen molar-refractivity contribution in [3.63, 3.8) is 0 Å². The number of hydrogen-bond donors (Lipinski definition) is 1. The predicted octanol–water partition coefficient (Wildman–Crippen LogP) is 4.77. The first kappa shape index (κ1) is 15.5. The van der Waals surface area contributed by atoms with Gasteiger partial charge < -0.3 is 5.73 Å². The third-order valence-electron chi connectivity index (χ3n) is 2.68. The van der Waals surface area contributed by atoms with Gasteiger partial charge in [0.25, 0.3) is 0 Å². The molecule has 0 aliphatic rings. The van der Waals surface area contributed by atoms with Crippen molar-refractivity contribution in [1.29, 1.82) is 0 Å². The third kappa shape index (κ3) is 4.04. The van der Waals surface area contributed by atoms with Crippen LogP contribution in [-0.4, -0.2) is 6.04 Å². The number of benzene rings is 2. The number of rotatable bonds is 4. The largest absolute Gasteiger partial charge is 0.328 e. The molecule has 0 aliphatic carbocycles. The van der Waals surface area contributed by atoms with E-state index in [0.717, 1.165) is 21.0 Å². The lowest BCUT2D eigenvalue weighted by molar-refractivity contribution is 0.565. The van der Waals surface area contributed by atoms with Crippen LogP contribution in [0.15, 0.2) is 50.7 Å². The number of nitrogens with two attached hydrogens (primary N) is 1. The van der Waals surface area contributed by atoms with Crippen molar-refractivity contribution in [2.24, 2.45) is 5.73 Å². The molecule has 1 nitrogen and oxygen atoms in total. The summed E-state index contributed by atoms with van der Waals surface area (Å²) in [5.41, 5.74) is 6.88. The minimum atomic E-state index is -0.572. The fourth-order valence-corrected chi connectivity index (χ4v) is 3.33. The highest BCUT2D eigenvalue weighted by Gasteiger charge is 2.11. The van der Waals surface area contributed by atoms with Gasteiger partial charge >= 0.3 is 0 Å². The van der Waals surface area contributed by atoms with Crippen LogP contribution in [0.5, 0.6) is 0 Å². The molecule has 2 N–H and O–H groups in total. The molecule has 0 amide bonds. The normalized spacial score (nSPS) is 12.4. The molecule has 1 unspecified atom stereocenters. The van der Waals surface area contributed by atoms with Gasteiger partial charge in [-0.1, -0.05) is 33.8 Å². The second-order valence-corrected chi connectivity index (χ2v) is 6.61. The molecular weight excluding hydrogens is 344 g/mol. The maximum Gasteiger partial charge on any atom is 0.140 e. The topological polar surface area (TPSA) is 26.0 Å². The molecule has 20 heavy (non-hydrogen) atoms. The molecule has 0 saturated heterocycles. The summed E-state index contributed by atoms with van der Waals surface area (Å²) in [5, 5.41) is 0. The van der Waals surface area contributed by atoms with Crippen LogP contribution in [0.2, 0.25) is 0 Å². The van der Waals surface area contributed by atoms with Gasteiger partial charge in [0.15, 0.2) is 0 Å². The number of halogens is 3. The summed E-state index contributed by atoms with van der Waals surface area (Å²) in [6, 6.07) is 9.45. The fraction of sp³-hybridized carbons (Fsp3) is 0.200. The van der Waals surface area contributed by atoms with Crippen LogP contribution >= 0.6 is 27.7 Å². The summed E-state index contributed by atoms with van der Waals surface area (Å²) in [5.74, 6) is -1.13. The van der Waals surface area contributed by atoms with E-state index < -0.39 is 11.6 Å². The predicted molar refractivity (Wildman–Crippen MR) is 82.0 cm³/mol. The van der Waals surface area contributed by atoms with E-state index in [4.69, 9.17) is 5.73 Å². The van der Waals surface area contributed by atoms with Gasteiger partial charge in [0.1, 0.15) is 11.6 Å². The molecule has 1 atom stereocenters. The summed E-state index contributed by atoms with van der Waals surface area (Å²) in [6.45, 7) is 1.93. The zero-order chi connectivity index (χ0) is 14.7. The van der Waals surface area contributed by atoms with E-state index in [0.29, 0.717) is 11.3 Å². The lowest BCUT2D eigenvalue weighted by Crippen LogP contribution is -2.18. The van der Waals surface area contributed by atoms with Crippen molar-refractivity contribution >= 4 is 27.7 Å². The van der Waals surface area contributed by atoms with E-state index in [-0.39, 0.29) is 6.04 Å². The average Bonchev–Trinajstić information content (AvgIpc) is 2.35. The Bertz CT molecular complexity index is 617. The van der Waals surface area contributed by atoms with Crippen molar-refractivity contribution in [1.82, 2.24) is 0 Å². The van der Waals surface area contributed by atoms with Gasteiger partial charge in [0, 0.05) is 26.4 Å². The van der Waals surface area contributed by atoms with Crippen molar-refractivity contribution in [3.05, 3.63) is 58.1 Å². The van der Waals surface area contributed by atoms with Crippen LogP contribution in [0.1, 0.15) is 12.5 Å². The first-order valence-electron chi connectivity index (χ1n) is 6.12. The van der Waals surface area contributed by atoms with E-state index in [9.17, 15) is 8.78 Å². The summed E-state index contributed by atoms with van der Waals surface area (Å²) >= 11 is 4.69. The summed E-state index contributed by atoms with van der Waals surface area (Å²) in [7, 11) is 0. The van der Waals surface area contributed by atoms with Gasteiger partial charge in [-0.3, -0.25) is 0 Å². The van der Waals surface area contributed by atoms with E-state index >= 15 is 0 Å². The van der Waals surface area contributed by atoms with Gasteiger partial charge in [0.2, 0.25) is 0 Å². The molecule has 0 heterocycles. The Labute approximate surface area is 129 Å². The molecule has 2 rings (SSSR count). The molecule has 0 spiro atoms. The molecule has 0 saturated carbocycles. The second-order valence-electron chi connectivity index (χ2n) is 4.61. The molecule has 0 aromatic heterocycles. The lowest BCUT2D eigenvalue weighted by atomic mass is 10.1. The van der Waals surface area contributed by atoms with Gasteiger partial charge in [-0.25, -0.2) is 8.78 Å². The Hall–Kier alpha value is -0.910. The van der Waals surface area contributed by atoms with Crippen molar-refractivity contribution in [3.8, 4) is 0 Å². The molecule has 2 aromatic rings. The third-order valence-corrected chi connectivity index (χ3v) is 4.33. The Morgan fingerprint density at radius 1 is 1.15 bits per heavy atom. The first-order valence-corrected chi connectivity index (χ1v) is 7.73. The quantitative estimate of drug-likeness (QED) is 0.852. The molecule has 106 valence electrons. The van der Waals surface area contributed by atoms with Crippen molar-refractivity contribution < 1.29 is 8.78 Å². The fourth-order valence-electron chi connectivity index (χ4n) is 1.82. The Balaban J connectivity index is 2.34. The lowest BCUT2D eigenvalue weighted by Gasteiger charge is -2.12. The highest BCUT2D eigenvalue weighted by Crippen LogP contribution is 2.34. The zero-order valence-electron chi connectivity index (χ0n) is 10.9. The van der Waals surface area contributed by atoms with Gasteiger partial charge in [-0.05, 0) is 43.2 Å². The molecule has 0 radical (unpaired) electrons. The standard InChI is InChI=1S/C15H14BrF2NS/c1-9(19)6-10-2-3-11(16)7-15(10)20-14-5-4-12(17)8-13(14)18/h2-5,7-9H,6,19H2,1H3. The Morgan fingerprint density at radius 2 is 1.90 bits per heavy atom. The van der Waals surface area contributed by atoms with E-state index in [1.54, 1.807) is 0 Å². The Morgan fingerprint density at radius 3 is 2.55 bits per heavy atom. The molecule has 0 aliphatic heterocycles. The van der Waals surface area contributed by atoms with Crippen molar-refractivity contribution in [2.75, 3.05) is 0 Å². The zero-order valence-corrected chi connectivity index (χ0v) is 13.3. The van der Waals surface area contributed by atoms with Gasteiger partial charge in [-0.15, -0.1) is 0 Å². The second kappa shape index (κ2) is 6.70. The minimum Gasteiger partial charge on any atom is -0.328 e. The average molecular weight is 358 g/mol. The van der Waals surface area contributed by atoms with E-state index in [1.807, 2.05) is 25.1 Å². The molecule has 0 bridgehead atoms. The highest BCUT2D eigenvalue weighted by molar-refractivity contribution is 9.10. The monoisotopic (exact) mass is 357 g/mol. The maximum absolute atomic E-state index is 13.7. The highest BCUT2D eigenvalue weighted by atomic mass is 79.9. The smallest absolute Gasteiger partial charge is 0.140 e. The van der Waals surface area contributed by atoms with Crippen molar-refractivity contribution in [2.45, 2.75) is 29.2 Å². The SMILES string of the molecule is CC(N)Cc1ccc(Br)cc1Sc1ccc(F)cc1F. The van der Waals surface area contributed by atoms with Gasteiger partial charge in [-0.2, -0.15) is 0 Å². The molecule has 5 heteroatoms. The minimum absolute atomic E-state index is 0.0218. The Kier molecular flexibility index (Phi) is 5.18. The summed E-state index contributed by atoms with van der Waals surface area (Å²) < 4.78 is 27.6. The van der Waals surface area contributed by atoms with Crippen LogP contribution < -0.4 is 5.73 Å². The van der Waals surface area contributed by atoms with Crippen LogP contribution in [0.3, 0.4) is 0 Å². The van der Waals surface area contributed by atoms with E-state index in [2.05, 4.69) is 15.9 Å².